The summed E-state index contributed by atoms with van der Waals surface area (Å²) in [6, 6.07) is 5.58. The molecule has 0 unspecified atom stereocenters. The monoisotopic (exact) mass is 264 g/mol. The normalized spacial score (nSPS) is 12.5. The van der Waals surface area contributed by atoms with Gasteiger partial charge in [-0.15, -0.1) is 0 Å². The molecule has 0 saturated carbocycles. The van der Waals surface area contributed by atoms with Gasteiger partial charge >= 0.3 is 0 Å². The zero-order valence-electron chi connectivity index (χ0n) is 9.50. The summed E-state index contributed by atoms with van der Waals surface area (Å²) in [5.41, 5.74) is 0.446. The van der Waals surface area contributed by atoms with Crippen molar-refractivity contribution in [3.63, 3.8) is 0 Å². The lowest BCUT2D eigenvalue weighted by Gasteiger charge is -2.12. The SMILES string of the molecule is CNS(=O)(=O)c1ccc(NCC(C)(F)F)cc1. The van der Waals surface area contributed by atoms with Crippen LogP contribution < -0.4 is 10.0 Å². The summed E-state index contributed by atoms with van der Waals surface area (Å²) >= 11 is 0. The quantitative estimate of drug-likeness (QED) is 0.850. The number of hydrogen-bond acceptors (Lipinski definition) is 3. The van der Waals surface area contributed by atoms with Crippen LogP contribution in [0.1, 0.15) is 6.92 Å². The van der Waals surface area contributed by atoms with Crippen LogP contribution in [0.2, 0.25) is 0 Å². The molecule has 0 radical (unpaired) electrons. The van der Waals surface area contributed by atoms with Gasteiger partial charge in [-0.2, -0.15) is 0 Å². The first-order valence-corrected chi connectivity index (χ1v) is 6.38. The molecular weight excluding hydrogens is 250 g/mol. The van der Waals surface area contributed by atoms with Crippen molar-refractivity contribution in [1.82, 2.24) is 4.72 Å². The van der Waals surface area contributed by atoms with E-state index in [0.717, 1.165) is 6.92 Å². The lowest BCUT2D eigenvalue weighted by atomic mass is 10.3. The van der Waals surface area contributed by atoms with Gasteiger partial charge in [-0.05, 0) is 31.3 Å². The van der Waals surface area contributed by atoms with Gasteiger partial charge in [0.05, 0.1) is 11.4 Å². The first kappa shape index (κ1) is 13.9. The van der Waals surface area contributed by atoms with E-state index in [-0.39, 0.29) is 4.90 Å². The van der Waals surface area contributed by atoms with Gasteiger partial charge in [-0.1, -0.05) is 0 Å². The molecule has 1 aromatic rings. The average Bonchev–Trinajstić information content (AvgIpc) is 2.26. The van der Waals surface area contributed by atoms with Gasteiger partial charge in [0.1, 0.15) is 0 Å². The summed E-state index contributed by atoms with van der Waals surface area (Å²) in [4.78, 5) is 0.0915. The summed E-state index contributed by atoms with van der Waals surface area (Å²) in [6.45, 7) is 0.310. The second-order valence-corrected chi connectivity index (χ2v) is 5.54. The molecule has 0 aliphatic carbocycles. The number of anilines is 1. The predicted molar refractivity (Wildman–Crippen MR) is 61.8 cm³/mol. The second kappa shape index (κ2) is 4.97. The maximum Gasteiger partial charge on any atom is 0.262 e. The largest absolute Gasteiger partial charge is 0.379 e. The maximum absolute atomic E-state index is 12.6. The highest BCUT2D eigenvalue weighted by molar-refractivity contribution is 7.89. The molecule has 0 aliphatic rings. The molecule has 0 fully saturated rings. The molecule has 0 bridgehead atoms. The Bertz CT molecular complexity index is 466. The summed E-state index contributed by atoms with van der Waals surface area (Å²) < 4.78 is 50.0. The van der Waals surface area contributed by atoms with E-state index in [2.05, 4.69) is 10.0 Å². The van der Waals surface area contributed by atoms with Crippen molar-refractivity contribution in [2.24, 2.45) is 0 Å². The number of halogens is 2. The van der Waals surface area contributed by atoms with Crippen molar-refractivity contribution in [2.45, 2.75) is 17.7 Å². The van der Waals surface area contributed by atoms with E-state index in [1.165, 1.54) is 31.3 Å². The van der Waals surface area contributed by atoms with E-state index in [0.29, 0.717) is 5.69 Å². The van der Waals surface area contributed by atoms with E-state index in [4.69, 9.17) is 0 Å². The van der Waals surface area contributed by atoms with Gasteiger partial charge < -0.3 is 5.32 Å². The Hall–Kier alpha value is -1.21. The standard InChI is InChI=1S/C10H14F2N2O2S/c1-10(11,12)7-14-8-3-5-9(6-4-8)17(15,16)13-2/h3-6,13-14H,7H2,1-2H3. The summed E-state index contributed by atoms with van der Waals surface area (Å²) in [5, 5.41) is 2.52. The molecule has 0 atom stereocenters. The van der Waals surface area contributed by atoms with Gasteiger partial charge in [0.25, 0.3) is 5.92 Å². The third-order valence-corrected chi connectivity index (χ3v) is 3.47. The summed E-state index contributed by atoms with van der Waals surface area (Å²) in [5.74, 6) is -2.81. The molecule has 0 aromatic heterocycles. The van der Waals surface area contributed by atoms with Crippen LogP contribution in [0, 0.1) is 0 Å². The molecule has 4 nitrogen and oxygen atoms in total. The minimum atomic E-state index is -3.48. The minimum Gasteiger partial charge on any atom is -0.379 e. The van der Waals surface area contributed by atoms with E-state index in [9.17, 15) is 17.2 Å². The smallest absolute Gasteiger partial charge is 0.262 e. The summed E-state index contributed by atoms with van der Waals surface area (Å²) in [7, 11) is -2.18. The highest BCUT2D eigenvalue weighted by atomic mass is 32.2. The number of alkyl halides is 2. The molecule has 1 aromatic carbocycles. The van der Waals surface area contributed by atoms with Gasteiger partial charge in [-0.3, -0.25) is 0 Å². The van der Waals surface area contributed by atoms with Gasteiger partial charge in [0, 0.05) is 12.6 Å². The molecular formula is C10H14F2N2O2S. The number of rotatable bonds is 5. The predicted octanol–water partition coefficient (Wildman–Crippen LogP) is 1.66. The highest BCUT2D eigenvalue weighted by Crippen LogP contribution is 2.16. The fourth-order valence-corrected chi connectivity index (χ4v) is 1.86. The Kier molecular flexibility index (Phi) is 4.05. The second-order valence-electron chi connectivity index (χ2n) is 3.66. The van der Waals surface area contributed by atoms with Crippen molar-refractivity contribution < 1.29 is 17.2 Å². The van der Waals surface area contributed by atoms with Crippen LogP contribution in [0.25, 0.3) is 0 Å². The number of hydrogen-bond donors (Lipinski definition) is 2. The molecule has 0 saturated heterocycles. The number of benzene rings is 1. The van der Waals surface area contributed by atoms with Crippen molar-refractivity contribution in [3.8, 4) is 0 Å². The fourth-order valence-electron chi connectivity index (χ4n) is 1.13. The van der Waals surface area contributed by atoms with Crippen LogP contribution in [0.3, 0.4) is 0 Å². The fraction of sp³-hybridized carbons (Fsp3) is 0.400. The van der Waals surface area contributed by atoms with Gasteiger partial charge in [-0.25, -0.2) is 21.9 Å². The van der Waals surface area contributed by atoms with Gasteiger partial charge in [0.15, 0.2) is 0 Å². The molecule has 1 rings (SSSR count). The zero-order chi connectivity index (χ0) is 13.1. The summed E-state index contributed by atoms with van der Waals surface area (Å²) in [6.07, 6.45) is 0. The maximum atomic E-state index is 12.6. The number of nitrogens with one attached hydrogen (secondary N) is 2. The van der Waals surface area contributed by atoms with Crippen LogP contribution in [0.4, 0.5) is 14.5 Å². The Balaban J connectivity index is 2.76. The Morgan fingerprint density at radius 1 is 1.24 bits per heavy atom. The van der Waals surface area contributed by atoms with Crippen molar-refractivity contribution >= 4 is 15.7 Å². The van der Waals surface area contributed by atoms with E-state index in [1.54, 1.807) is 0 Å². The lowest BCUT2D eigenvalue weighted by Crippen LogP contribution is -2.23. The van der Waals surface area contributed by atoms with Crippen LogP contribution in [0.15, 0.2) is 29.2 Å². The molecule has 0 aliphatic heterocycles. The van der Waals surface area contributed by atoms with Crippen molar-refractivity contribution in [2.75, 3.05) is 18.9 Å². The molecule has 0 spiro atoms. The van der Waals surface area contributed by atoms with E-state index < -0.39 is 22.5 Å². The zero-order valence-corrected chi connectivity index (χ0v) is 10.3. The number of sulfonamides is 1. The Labute approximate surface area is 99.1 Å². The molecule has 0 amide bonds. The van der Waals surface area contributed by atoms with Crippen LogP contribution >= 0.6 is 0 Å². The van der Waals surface area contributed by atoms with Crippen molar-refractivity contribution in [1.29, 1.82) is 0 Å². The third-order valence-electron chi connectivity index (χ3n) is 2.04. The molecule has 7 heteroatoms. The Morgan fingerprint density at radius 2 is 1.76 bits per heavy atom. The molecule has 96 valence electrons. The average molecular weight is 264 g/mol. The van der Waals surface area contributed by atoms with E-state index in [1.807, 2.05) is 0 Å². The van der Waals surface area contributed by atoms with Crippen molar-refractivity contribution in [3.05, 3.63) is 24.3 Å². The minimum absolute atomic E-state index is 0.0915. The third kappa shape index (κ3) is 4.27. The van der Waals surface area contributed by atoms with Crippen LogP contribution in [-0.2, 0) is 10.0 Å². The highest BCUT2D eigenvalue weighted by Gasteiger charge is 2.20. The molecule has 17 heavy (non-hydrogen) atoms. The lowest BCUT2D eigenvalue weighted by molar-refractivity contribution is 0.0368. The molecule has 2 N–H and O–H groups in total. The first-order chi connectivity index (χ1) is 7.74. The van der Waals surface area contributed by atoms with Crippen LogP contribution in [0.5, 0.6) is 0 Å². The Morgan fingerprint density at radius 3 is 2.18 bits per heavy atom. The van der Waals surface area contributed by atoms with Gasteiger partial charge in [0.2, 0.25) is 10.0 Å². The topological polar surface area (TPSA) is 58.2 Å². The molecule has 0 heterocycles. The van der Waals surface area contributed by atoms with E-state index >= 15 is 0 Å². The van der Waals surface area contributed by atoms with Crippen LogP contribution in [-0.4, -0.2) is 27.9 Å². The first-order valence-electron chi connectivity index (χ1n) is 4.90.